The Morgan fingerprint density at radius 1 is 1.48 bits per heavy atom. The maximum atomic E-state index is 12.0. The van der Waals surface area contributed by atoms with Gasteiger partial charge in [-0.05, 0) is 19.1 Å². The van der Waals surface area contributed by atoms with Crippen LogP contribution < -0.4 is 9.54 Å². The summed E-state index contributed by atoms with van der Waals surface area (Å²) >= 11 is 1.42. The van der Waals surface area contributed by atoms with Gasteiger partial charge in [0.2, 0.25) is 5.76 Å². The Hall–Kier alpha value is -2.41. The molecule has 0 saturated carbocycles. The number of hydrogen-bond acceptors (Lipinski definition) is 5. The van der Waals surface area contributed by atoms with Crippen LogP contribution in [0.15, 0.2) is 40.0 Å². The molecule has 0 aliphatic rings. The number of hydrogen-bond donors (Lipinski definition) is 0. The van der Waals surface area contributed by atoms with Gasteiger partial charge in [-0.1, -0.05) is 22.6 Å². The summed E-state index contributed by atoms with van der Waals surface area (Å²) in [5, 5.41) is 3.51. The fourth-order valence-electron chi connectivity index (χ4n) is 2.02. The minimum Gasteiger partial charge on any atom is -0.492 e. The smallest absolute Gasteiger partial charge is 0.318 e. The Morgan fingerprint density at radius 3 is 3.05 bits per heavy atom. The molecule has 108 valence electrons. The topological polar surface area (TPSA) is 69.6 Å². The number of amides is 1. The maximum absolute atomic E-state index is 12.0. The van der Waals surface area contributed by atoms with Crippen LogP contribution in [0.5, 0.6) is 5.75 Å². The lowest BCUT2D eigenvalue weighted by atomic mass is 10.3. The zero-order valence-corrected chi connectivity index (χ0v) is 12.4. The van der Waals surface area contributed by atoms with Gasteiger partial charge in [0.1, 0.15) is 11.3 Å². The van der Waals surface area contributed by atoms with E-state index in [1.165, 1.54) is 23.6 Å². The molecule has 0 bridgehead atoms. The Kier molecular flexibility index (Phi) is 3.57. The monoisotopic (exact) mass is 303 g/mol. The number of para-hydroxylation sites is 1. The summed E-state index contributed by atoms with van der Waals surface area (Å²) in [5.74, 6) is 0.451. The van der Waals surface area contributed by atoms with Crippen LogP contribution in [-0.4, -0.2) is 22.2 Å². The first kappa shape index (κ1) is 13.6. The minimum absolute atomic E-state index is 0.123. The summed E-state index contributed by atoms with van der Waals surface area (Å²) in [6.45, 7) is 2.52. The lowest BCUT2D eigenvalue weighted by molar-refractivity contribution is 0.0962. The number of rotatable bonds is 3. The van der Waals surface area contributed by atoms with Gasteiger partial charge >= 0.3 is 5.91 Å². The molecule has 1 amide bonds. The van der Waals surface area contributed by atoms with Crippen molar-refractivity contribution in [3.8, 4) is 5.75 Å². The maximum Gasteiger partial charge on any atom is 0.318 e. The predicted molar refractivity (Wildman–Crippen MR) is 78.4 cm³/mol. The second-order valence-electron chi connectivity index (χ2n) is 4.27. The van der Waals surface area contributed by atoms with Crippen LogP contribution in [0, 0.1) is 0 Å². The zero-order chi connectivity index (χ0) is 14.8. The minimum atomic E-state index is -0.451. The van der Waals surface area contributed by atoms with Crippen LogP contribution in [0.1, 0.15) is 17.5 Å². The highest BCUT2D eigenvalue weighted by molar-refractivity contribution is 7.16. The van der Waals surface area contributed by atoms with Crippen molar-refractivity contribution in [1.29, 1.82) is 0 Å². The second-order valence-corrected chi connectivity index (χ2v) is 5.28. The lowest BCUT2D eigenvalue weighted by Crippen LogP contribution is -2.13. The van der Waals surface area contributed by atoms with E-state index in [0.29, 0.717) is 11.4 Å². The Morgan fingerprint density at radius 2 is 2.33 bits per heavy atom. The molecule has 0 fully saturated rings. The summed E-state index contributed by atoms with van der Waals surface area (Å²) in [4.78, 5) is 16.7. The molecule has 0 radical (unpaired) electrons. The summed E-state index contributed by atoms with van der Waals surface area (Å²) in [5.41, 5.74) is 0.925. The molecule has 3 aromatic rings. The van der Waals surface area contributed by atoms with Crippen LogP contribution in [-0.2, 0) is 7.05 Å². The zero-order valence-electron chi connectivity index (χ0n) is 11.6. The molecule has 21 heavy (non-hydrogen) atoms. The Balaban J connectivity index is 2.14. The number of benzene rings is 1. The van der Waals surface area contributed by atoms with Gasteiger partial charge in [-0.2, -0.15) is 4.99 Å². The first-order chi connectivity index (χ1) is 10.2. The van der Waals surface area contributed by atoms with E-state index in [1.807, 2.05) is 36.7 Å². The standard InChI is InChI=1S/C14H13N3O3S/c1-3-19-9-5-4-6-11-12(9)17(2)14(21-11)16-13(18)10-7-8-15-20-10/h4-8H,3H2,1-2H3. The van der Waals surface area contributed by atoms with Crippen molar-refractivity contribution in [2.45, 2.75) is 6.92 Å². The van der Waals surface area contributed by atoms with Crippen LogP contribution >= 0.6 is 11.3 Å². The van der Waals surface area contributed by atoms with E-state index in [2.05, 4.69) is 10.1 Å². The van der Waals surface area contributed by atoms with Crippen LogP contribution in [0.3, 0.4) is 0 Å². The number of carbonyl (C=O) groups is 1. The first-order valence-corrected chi connectivity index (χ1v) is 7.23. The number of carbonyl (C=O) groups excluding carboxylic acids is 1. The van der Waals surface area contributed by atoms with E-state index in [9.17, 15) is 4.79 Å². The quantitative estimate of drug-likeness (QED) is 0.745. The average Bonchev–Trinajstić information content (AvgIpc) is 3.09. The van der Waals surface area contributed by atoms with Crippen LogP contribution in [0.4, 0.5) is 0 Å². The molecule has 0 aliphatic carbocycles. The van der Waals surface area contributed by atoms with E-state index >= 15 is 0 Å². The normalized spacial score (nSPS) is 12.0. The fourth-order valence-corrected chi connectivity index (χ4v) is 3.05. The van der Waals surface area contributed by atoms with Crippen molar-refractivity contribution < 1.29 is 14.1 Å². The summed E-state index contributed by atoms with van der Waals surface area (Å²) < 4.78 is 13.3. The number of thiazole rings is 1. The molecule has 2 heterocycles. The SMILES string of the molecule is CCOc1cccc2sc(=NC(=O)c3ccno3)n(C)c12. The third kappa shape index (κ3) is 2.47. The summed E-state index contributed by atoms with van der Waals surface area (Å²) in [7, 11) is 1.86. The molecule has 2 aromatic heterocycles. The molecule has 3 rings (SSSR count). The van der Waals surface area contributed by atoms with E-state index in [1.54, 1.807) is 0 Å². The number of aromatic nitrogens is 2. The van der Waals surface area contributed by atoms with Gasteiger partial charge < -0.3 is 13.8 Å². The van der Waals surface area contributed by atoms with Gasteiger partial charge in [0.25, 0.3) is 0 Å². The predicted octanol–water partition coefficient (Wildman–Crippen LogP) is 2.37. The third-order valence-corrected chi connectivity index (χ3v) is 4.03. The number of fused-ring (bicyclic) bond motifs is 1. The van der Waals surface area contributed by atoms with Crippen LogP contribution in [0.2, 0.25) is 0 Å². The highest BCUT2D eigenvalue weighted by Crippen LogP contribution is 2.26. The van der Waals surface area contributed by atoms with Crippen LogP contribution in [0.25, 0.3) is 10.2 Å². The van der Waals surface area contributed by atoms with Gasteiger partial charge in [-0.25, -0.2) is 0 Å². The van der Waals surface area contributed by atoms with E-state index in [-0.39, 0.29) is 5.76 Å². The molecule has 6 nitrogen and oxygen atoms in total. The molecule has 0 unspecified atom stereocenters. The highest BCUT2D eigenvalue weighted by Gasteiger charge is 2.12. The molecular weight excluding hydrogens is 290 g/mol. The van der Waals surface area contributed by atoms with E-state index in [0.717, 1.165) is 16.0 Å². The van der Waals surface area contributed by atoms with E-state index < -0.39 is 5.91 Å². The summed E-state index contributed by atoms with van der Waals surface area (Å²) in [6, 6.07) is 7.29. The molecule has 0 aliphatic heterocycles. The number of aryl methyl sites for hydroxylation is 1. The molecule has 0 saturated heterocycles. The third-order valence-electron chi connectivity index (χ3n) is 2.93. The largest absolute Gasteiger partial charge is 0.492 e. The lowest BCUT2D eigenvalue weighted by Gasteiger charge is -2.05. The van der Waals surface area contributed by atoms with E-state index in [4.69, 9.17) is 9.26 Å². The molecule has 0 N–H and O–H groups in total. The van der Waals surface area contributed by atoms with Gasteiger partial charge in [0.05, 0.1) is 17.5 Å². The van der Waals surface area contributed by atoms with Crippen molar-refractivity contribution in [1.82, 2.24) is 9.72 Å². The van der Waals surface area contributed by atoms with Crippen molar-refractivity contribution in [3.63, 3.8) is 0 Å². The van der Waals surface area contributed by atoms with Crippen molar-refractivity contribution >= 4 is 27.5 Å². The molecule has 7 heteroatoms. The van der Waals surface area contributed by atoms with Crippen molar-refractivity contribution in [3.05, 3.63) is 41.0 Å². The molecule has 0 spiro atoms. The van der Waals surface area contributed by atoms with Gasteiger partial charge in [0.15, 0.2) is 4.80 Å². The number of ether oxygens (including phenoxy) is 1. The van der Waals surface area contributed by atoms with Crippen molar-refractivity contribution in [2.75, 3.05) is 6.61 Å². The molecule has 0 atom stereocenters. The Labute approximate surface area is 124 Å². The Bertz CT molecular complexity index is 846. The first-order valence-electron chi connectivity index (χ1n) is 6.41. The number of nitrogens with zero attached hydrogens (tertiary/aromatic N) is 3. The fraction of sp³-hybridized carbons (Fsp3) is 0.214. The van der Waals surface area contributed by atoms with Crippen molar-refractivity contribution in [2.24, 2.45) is 12.0 Å². The average molecular weight is 303 g/mol. The van der Waals surface area contributed by atoms with Gasteiger partial charge in [-0.3, -0.25) is 4.79 Å². The van der Waals surface area contributed by atoms with Gasteiger partial charge in [0, 0.05) is 13.1 Å². The van der Waals surface area contributed by atoms with Gasteiger partial charge in [-0.15, -0.1) is 0 Å². The summed E-state index contributed by atoms with van der Waals surface area (Å²) in [6.07, 6.45) is 1.42. The second kappa shape index (κ2) is 5.53. The highest BCUT2D eigenvalue weighted by atomic mass is 32.1. The molecular formula is C14H13N3O3S. The molecule has 1 aromatic carbocycles.